The molecule has 0 bridgehead atoms. The van der Waals surface area contributed by atoms with E-state index >= 15 is 0 Å². The summed E-state index contributed by atoms with van der Waals surface area (Å²) in [4.78, 5) is 37.6. The first-order valence-corrected chi connectivity index (χ1v) is 9.52. The Morgan fingerprint density at radius 1 is 1.22 bits per heavy atom. The number of ether oxygens (including phenoxy) is 1. The van der Waals surface area contributed by atoms with Gasteiger partial charge in [-0.2, -0.15) is 0 Å². The van der Waals surface area contributed by atoms with E-state index in [1.54, 1.807) is 30.3 Å². The van der Waals surface area contributed by atoms with Gasteiger partial charge in [0.2, 0.25) is 0 Å². The molecule has 2 aromatic rings. The Kier molecular flexibility index (Phi) is 5.98. The number of nitrogens with one attached hydrogen (secondary N) is 1. The highest BCUT2D eigenvalue weighted by Crippen LogP contribution is 2.32. The molecule has 0 radical (unpaired) electrons. The van der Waals surface area contributed by atoms with Crippen LogP contribution in [-0.4, -0.2) is 35.8 Å². The fourth-order valence-corrected chi connectivity index (χ4v) is 3.65. The first-order valence-electron chi connectivity index (χ1n) is 7.91. The lowest BCUT2D eigenvalue weighted by atomic mass is 10.2. The monoisotopic (exact) mass is 446 g/mol. The van der Waals surface area contributed by atoms with Gasteiger partial charge < -0.3 is 10.1 Å². The van der Waals surface area contributed by atoms with E-state index in [1.807, 2.05) is 24.3 Å². The van der Waals surface area contributed by atoms with Crippen LogP contribution in [0.1, 0.15) is 15.9 Å². The second kappa shape index (κ2) is 8.41. The largest absolute Gasteiger partial charge is 0.465 e. The van der Waals surface area contributed by atoms with Crippen LogP contribution in [0, 0.1) is 0 Å². The fraction of sp³-hybridized carbons (Fsp3) is 0.105. The minimum Gasteiger partial charge on any atom is -0.465 e. The summed E-state index contributed by atoms with van der Waals surface area (Å²) in [5, 5.41) is 2.68. The van der Waals surface area contributed by atoms with E-state index in [0.29, 0.717) is 16.2 Å². The van der Waals surface area contributed by atoms with Gasteiger partial charge >= 0.3 is 5.97 Å². The van der Waals surface area contributed by atoms with E-state index in [-0.39, 0.29) is 17.8 Å². The molecule has 0 atom stereocenters. The van der Waals surface area contributed by atoms with E-state index in [2.05, 4.69) is 26.0 Å². The van der Waals surface area contributed by atoms with Crippen molar-refractivity contribution in [3.63, 3.8) is 0 Å². The van der Waals surface area contributed by atoms with Crippen molar-refractivity contribution in [3.05, 3.63) is 69.0 Å². The highest BCUT2D eigenvalue weighted by molar-refractivity contribution is 9.10. The standard InChI is InChI=1S/C19H15BrN2O4S/c1-26-18(24)13-5-7-15(8-6-13)21-11-22-17(23)16(27-19(22)25)10-12-3-2-4-14(20)9-12/h2-10,21H,11H2,1H3/b16-10-. The Labute approximate surface area is 168 Å². The van der Waals surface area contributed by atoms with Gasteiger partial charge in [0.15, 0.2) is 0 Å². The number of rotatable bonds is 5. The third-order valence-electron chi connectivity index (χ3n) is 3.77. The van der Waals surface area contributed by atoms with Gasteiger partial charge in [0.1, 0.15) is 0 Å². The van der Waals surface area contributed by atoms with Crippen LogP contribution in [0.5, 0.6) is 0 Å². The Morgan fingerprint density at radius 3 is 2.63 bits per heavy atom. The molecule has 138 valence electrons. The van der Waals surface area contributed by atoms with Gasteiger partial charge in [-0.1, -0.05) is 28.1 Å². The molecule has 27 heavy (non-hydrogen) atoms. The lowest BCUT2D eigenvalue weighted by Crippen LogP contribution is -2.33. The van der Waals surface area contributed by atoms with Crippen LogP contribution in [-0.2, 0) is 9.53 Å². The minimum absolute atomic E-state index is 0.0397. The van der Waals surface area contributed by atoms with Crippen molar-refractivity contribution in [1.82, 2.24) is 4.90 Å². The predicted molar refractivity (Wildman–Crippen MR) is 108 cm³/mol. The predicted octanol–water partition coefficient (Wildman–Crippen LogP) is 4.34. The molecule has 1 heterocycles. The van der Waals surface area contributed by atoms with E-state index in [1.165, 1.54) is 7.11 Å². The number of hydrogen-bond donors (Lipinski definition) is 1. The molecule has 8 heteroatoms. The van der Waals surface area contributed by atoms with Crippen LogP contribution in [0.25, 0.3) is 6.08 Å². The maximum Gasteiger partial charge on any atom is 0.337 e. The number of carbonyl (C=O) groups is 3. The average molecular weight is 447 g/mol. The van der Waals surface area contributed by atoms with Crippen molar-refractivity contribution in [2.45, 2.75) is 0 Å². The highest BCUT2D eigenvalue weighted by atomic mass is 79.9. The molecule has 0 unspecified atom stereocenters. The molecule has 1 fully saturated rings. The van der Waals surface area contributed by atoms with Crippen molar-refractivity contribution in [2.24, 2.45) is 0 Å². The molecule has 1 N–H and O–H groups in total. The summed E-state index contributed by atoms with van der Waals surface area (Å²) in [5.74, 6) is -0.770. The van der Waals surface area contributed by atoms with Crippen LogP contribution in [0.2, 0.25) is 0 Å². The topological polar surface area (TPSA) is 75.7 Å². The van der Waals surface area contributed by atoms with Crippen LogP contribution >= 0.6 is 27.7 Å². The number of imide groups is 1. The van der Waals surface area contributed by atoms with E-state index in [4.69, 9.17) is 0 Å². The number of anilines is 1. The van der Waals surface area contributed by atoms with Crippen LogP contribution in [0.4, 0.5) is 10.5 Å². The second-order valence-corrected chi connectivity index (χ2v) is 7.48. The molecule has 1 aliphatic rings. The molecular weight excluding hydrogens is 432 g/mol. The fourth-order valence-electron chi connectivity index (χ4n) is 2.40. The Hall–Kier alpha value is -2.58. The smallest absolute Gasteiger partial charge is 0.337 e. The number of nitrogens with zero attached hydrogens (tertiary/aromatic N) is 1. The van der Waals surface area contributed by atoms with Crippen LogP contribution < -0.4 is 5.32 Å². The van der Waals surface area contributed by atoms with Gasteiger partial charge in [-0.05, 0) is 59.8 Å². The highest BCUT2D eigenvalue weighted by Gasteiger charge is 2.34. The maximum atomic E-state index is 12.5. The molecule has 0 aromatic heterocycles. The normalized spacial score (nSPS) is 15.3. The summed E-state index contributed by atoms with van der Waals surface area (Å²) in [5.41, 5.74) is 1.94. The number of halogens is 1. The van der Waals surface area contributed by atoms with E-state index in [0.717, 1.165) is 26.7 Å². The molecule has 1 saturated heterocycles. The van der Waals surface area contributed by atoms with Gasteiger partial charge in [0.05, 0.1) is 24.2 Å². The molecule has 0 aliphatic carbocycles. The van der Waals surface area contributed by atoms with E-state index < -0.39 is 5.97 Å². The van der Waals surface area contributed by atoms with Gasteiger partial charge in [0.25, 0.3) is 11.1 Å². The maximum absolute atomic E-state index is 12.5. The van der Waals surface area contributed by atoms with Crippen molar-refractivity contribution < 1.29 is 19.1 Å². The number of methoxy groups -OCH3 is 1. The first-order chi connectivity index (χ1) is 13.0. The number of thioether (sulfide) groups is 1. The quantitative estimate of drug-likeness (QED) is 0.543. The molecule has 3 rings (SSSR count). The van der Waals surface area contributed by atoms with Crippen molar-refractivity contribution in [2.75, 3.05) is 19.1 Å². The first kappa shape index (κ1) is 19.2. The van der Waals surface area contributed by atoms with Crippen molar-refractivity contribution in [3.8, 4) is 0 Å². The zero-order chi connectivity index (χ0) is 19.4. The number of carbonyl (C=O) groups excluding carboxylic acids is 3. The summed E-state index contributed by atoms with van der Waals surface area (Å²) in [6.07, 6.45) is 1.70. The minimum atomic E-state index is -0.426. The third kappa shape index (κ3) is 4.58. The van der Waals surface area contributed by atoms with Gasteiger partial charge in [0, 0.05) is 10.2 Å². The number of benzene rings is 2. The summed E-state index contributed by atoms with van der Waals surface area (Å²) in [6.45, 7) is 0.0397. The summed E-state index contributed by atoms with van der Waals surface area (Å²) in [7, 11) is 1.32. The number of esters is 1. The zero-order valence-corrected chi connectivity index (χ0v) is 16.7. The zero-order valence-electron chi connectivity index (χ0n) is 14.3. The Morgan fingerprint density at radius 2 is 1.96 bits per heavy atom. The summed E-state index contributed by atoms with van der Waals surface area (Å²) >= 11 is 4.29. The molecule has 2 amide bonds. The molecule has 0 saturated carbocycles. The molecule has 6 nitrogen and oxygen atoms in total. The van der Waals surface area contributed by atoms with Crippen molar-refractivity contribution >= 4 is 56.6 Å². The van der Waals surface area contributed by atoms with Gasteiger partial charge in [-0.15, -0.1) is 0 Å². The molecular formula is C19H15BrN2O4S. The lowest BCUT2D eigenvalue weighted by molar-refractivity contribution is -0.122. The third-order valence-corrected chi connectivity index (χ3v) is 5.17. The molecule has 1 aliphatic heterocycles. The van der Waals surface area contributed by atoms with Gasteiger partial charge in [-0.3, -0.25) is 14.5 Å². The van der Waals surface area contributed by atoms with Crippen molar-refractivity contribution in [1.29, 1.82) is 0 Å². The molecule has 0 spiro atoms. The van der Waals surface area contributed by atoms with Gasteiger partial charge in [-0.25, -0.2) is 4.79 Å². The average Bonchev–Trinajstić information content (AvgIpc) is 2.93. The second-order valence-electron chi connectivity index (χ2n) is 5.57. The summed E-state index contributed by atoms with van der Waals surface area (Å²) < 4.78 is 5.54. The number of amides is 2. The van der Waals surface area contributed by atoms with E-state index in [9.17, 15) is 14.4 Å². The Bertz CT molecular complexity index is 928. The van der Waals surface area contributed by atoms with Crippen LogP contribution in [0.15, 0.2) is 57.9 Å². The molecule has 2 aromatic carbocycles. The summed E-state index contributed by atoms with van der Waals surface area (Å²) in [6, 6.07) is 14.1. The van der Waals surface area contributed by atoms with Crippen LogP contribution in [0.3, 0.4) is 0 Å². The lowest BCUT2D eigenvalue weighted by Gasteiger charge is -2.14. The number of hydrogen-bond acceptors (Lipinski definition) is 6. The SMILES string of the molecule is COC(=O)c1ccc(NCN2C(=O)S/C(=C\c3cccc(Br)c3)C2=O)cc1. The Balaban J connectivity index is 1.66.